The summed E-state index contributed by atoms with van der Waals surface area (Å²) in [5.41, 5.74) is 2.04. The number of carbonyl (C=O) groups is 2. The van der Waals surface area contributed by atoms with Gasteiger partial charge in [0.15, 0.2) is 0 Å². The minimum atomic E-state index is -0.373. The Kier molecular flexibility index (Phi) is 5.69. The highest BCUT2D eigenvalue weighted by molar-refractivity contribution is 6.08. The van der Waals surface area contributed by atoms with Crippen LogP contribution in [0.3, 0.4) is 0 Å². The van der Waals surface area contributed by atoms with Crippen molar-refractivity contribution in [3.05, 3.63) is 96.1 Å². The Morgan fingerprint density at radius 3 is 2.26 bits per heavy atom. The predicted octanol–water partition coefficient (Wildman–Crippen LogP) is 4.12. The maximum Gasteiger partial charge on any atom is 0.257 e. The van der Waals surface area contributed by atoms with Crippen molar-refractivity contribution in [3.63, 3.8) is 0 Å². The van der Waals surface area contributed by atoms with Crippen molar-refractivity contribution in [3.8, 4) is 0 Å². The van der Waals surface area contributed by atoms with Gasteiger partial charge in [0, 0.05) is 18.5 Å². The molecule has 2 amide bonds. The summed E-state index contributed by atoms with van der Waals surface area (Å²) in [6.45, 7) is 0. The fourth-order valence-electron chi connectivity index (χ4n) is 2.31. The van der Waals surface area contributed by atoms with Gasteiger partial charge >= 0.3 is 0 Å². The Morgan fingerprint density at radius 1 is 0.889 bits per heavy atom. The van der Waals surface area contributed by atoms with E-state index in [9.17, 15) is 14.0 Å². The van der Waals surface area contributed by atoms with Gasteiger partial charge in [-0.1, -0.05) is 24.3 Å². The molecule has 0 radical (unpaired) electrons. The first-order valence-corrected chi connectivity index (χ1v) is 8.17. The summed E-state index contributed by atoms with van der Waals surface area (Å²) in [7, 11) is 0. The lowest BCUT2D eigenvalue weighted by Crippen LogP contribution is -2.15. The number of nitrogens with one attached hydrogen (secondary N) is 2. The molecule has 1 heterocycles. The second-order valence-electron chi connectivity index (χ2n) is 5.62. The number of hydrogen-bond donors (Lipinski definition) is 2. The van der Waals surface area contributed by atoms with Crippen LogP contribution in [0, 0.1) is 5.82 Å². The molecular weight excluding hydrogens is 345 g/mol. The van der Waals surface area contributed by atoms with Crippen LogP contribution in [-0.4, -0.2) is 16.8 Å². The van der Waals surface area contributed by atoms with Crippen LogP contribution >= 0.6 is 0 Å². The number of amides is 2. The summed E-state index contributed by atoms with van der Waals surface area (Å²) in [4.78, 5) is 28.4. The number of carbonyl (C=O) groups excluding carboxylic acids is 2. The highest BCUT2D eigenvalue weighted by Crippen LogP contribution is 2.21. The summed E-state index contributed by atoms with van der Waals surface area (Å²) < 4.78 is 12.9. The number of para-hydroxylation sites is 2. The lowest BCUT2D eigenvalue weighted by atomic mass is 10.2. The Bertz CT molecular complexity index is 970. The van der Waals surface area contributed by atoms with E-state index in [1.165, 1.54) is 24.4 Å². The molecule has 134 valence electrons. The monoisotopic (exact) mass is 361 g/mol. The molecule has 2 N–H and O–H groups in total. The van der Waals surface area contributed by atoms with Crippen LogP contribution < -0.4 is 10.6 Å². The number of benzene rings is 2. The van der Waals surface area contributed by atoms with Crippen LogP contribution in [0.25, 0.3) is 6.08 Å². The summed E-state index contributed by atoms with van der Waals surface area (Å²) in [6, 6.07) is 16.0. The number of hydrogen-bond acceptors (Lipinski definition) is 3. The van der Waals surface area contributed by atoms with E-state index in [1.807, 2.05) is 0 Å². The smallest absolute Gasteiger partial charge is 0.257 e. The third-order valence-electron chi connectivity index (χ3n) is 3.65. The van der Waals surface area contributed by atoms with Crippen LogP contribution in [0.4, 0.5) is 15.8 Å². The minimum Gasteiger partial charge on any atom is -0.321 e. The third-order valence-corrected chi connectivity index (χ3v) is 3.65. The maximum atomic E-state index is 12.9. The number of nitrogens with zero attached hydrogens (tertiary/aromatic N) is 1. The van der Waals surface area contributed by atoms with Gasteiger partial charge in [-0.3, -0.25) is 14.6 Å². The number of anilines is 2. The highest BCUT2D eigenvalue weighted by atomic mass is 19.1. The Balaban J connectivity index is 1.69. The molecule has 0 aliphatic carbocycles. The van der Waals surface area contributed by atoms with Crippen molar-refractivity contribution < 1.29 is 14.0 Å². The van der Waals surface area contributed by atoms with Crippen molar-refractivity contribution in [2.45, 2.75) is 0 Å². The van der Waals surface area contributed by atoms with Crippen molar-refractivity contribution >= 4 is 29.3 Å². The molecule has 0 fully saturated rings. The van der Waals surface area contributed by atoms with E-state index in [0.29, 0.717) is 22.5 Å². The summed E-state index contributed by atoms with van der Waals surface area (Å²) in [5, 5.41) is 5.47. The van der Waals surface area contributed by atoms with Crippen LogP contribution in [0.15, 0.2) is 79.1 Å². The highest BCUT2D eigenvalue weighted by Gasteiger charge is 2.10. The van der Waals surface area contributed by atoms with E-state index in [4.69, 9.17) is 0 Å². The zero-order valence-corrected chi connectivity index (χ0v) is 14.2. The lowest BCUT2D eigenvalue weighted by Gasteiger charge is -2.11. The Labute approximate surface area is 155 Å². The van der Waals surface area contributed by atoms with Gasteiger partial charge < -0.3 is 10.6 Å². The molecule has 0 saturated carbocycles. The largest absolute Gasteiger partial charge is 0.321 e. The molecule has 2 aromatic carbocycles. The first-order chi connectivity index (χ1) is 13.1. The molecule has 0 bridgehead atoms. The molecule has 5 nitrogen and oxygen atoms in total. The standard InChI is InChI=1S/C21H16FN3O2/c22-17-10-7-15(8-11-17)9-12-20(26)24-18-5-1-2-6-19(18)25-21(27)16-4-3-13-23-14-16/h1-14H,(H,24,26)(H,25,27)/b12-9+. The van der Waals surface area contributed by atoms with Gasteiger partial charge in [0.05, 0.1) is 16.9 Å². The summed E-state index contributed by atoms with van der Waals surface area (Å²) in [5.74, 6) is -1.04. The van der Waals surface area contributed by atoms with E-state index in [0.717, 1.165) is 0 Å². The molecule has 1 aromatic heterocycles. The first kappa shape index (κ1) is 18.0. The van der Waals surface area contributed by atoms with Gasteiger partial charge in [0.1, 0.15) is 5.82 Å². The van der Waals surface area contributed by atoms with E-state index >= 15 is 0 Å². The van der Waals surface area contributed by atoms with E-state index in [1.54, 1.807) is 60.8 Å². The molecule has 27 heavy (non-hydrogen) atoms. The topological polar surface area (TPSA) is 71.1 Å². The average Bonchev–Trinajstić information content (AvgIpc) is 2.70. The summed E-state index contributed by atoms with van der Waals surface area (Å²) in [6.07, 6.45) is 5.96. The van der Waals surface area contributed by atoms with Crippen LogP contribution in [0.2, 0.25) is 0 Å². The molecule has 0 unspecified atom stereocenters. The van der Waals surface area contributed by atoms with Gasteiger partial charge in [0.2, 0.25) is 5.91 Å². The van der Waals surface area contributed by atoms with E-state index < -0.39 is 0 Å². The SMILES string of the molecule is O=C(/C=C/c1ccc(F)cc1)Nc1ccccc1NC(=O)c1cccnc1. The summed E-state index contributed by atoms with van der Waals surface area (Å²) >= 11 is 0. The van der Waals surface area contributed by atoms with Gasteiger partial charge in [-0.15, -0.1) is 0 Å². The third kappa shape index (κ3) is 5.09. The van der Waals surface area contributed by atoms with Crippen molar-refractivity contribution in [1.29, 1.82) is 0 Å². The quantitative estimate of drug-likeness (QED) is 0.672. The van der Waals surface area contributed by atoms with Crippen LogP contribution in [0.1, 0.15) is 15.9 Å². The maximum absolute atomic E-state index is 12.9. The Hall–Kier alpha value is -3.80. The number of pyridine rings is 1. The van der Waals surface area contributed by atoms with Gasteiger partial charge in [-0.25, -0.2) is 4.39 Å². The zero-order chi connectivity index (χ0) is 19.1. The normalized spacial score (nSPS) is 10.6. The molecular formula is C21H16FN3O2. The molecule has 0 aliphatic heterocycles. The average molecular weight is 361 g/mol. The van der Waals surface area contributed by atoms with Gasteiger partial charge in [-0.2, -0.15) is 0 Å². The molecule has 3 rings (SSSR count). The Morgan fingerprint density at radius 2 is 1.59 bits per heavy atom. The van der Waals surface area contributed by atoms with E-state index in [2.05, 4.69) is 15.6 Å². The van der Waals surface area contributed by atoms with E-state index in [-0.39, 0.29) is 17.6 Å². The van der Waals surface area contributed by atoms with Crippen molar-refractivity contribution in [2.75, 3.05) is 10.6 Å². The second kappa shape index (κ2) is 8.53. The molecule has 0 spiro atoms. The second-order valence-corrected chi connectivity index (χ2v) is 5.62. The minimum absolute atomic E-state index is 0.327. The zero-order valence-electron chi connectivity index (χ0n) is 14.2. The molecule has 0 aliphatic rings. The fourth-order valence-corrected chi connectivity index (χ4v) is 2.31. The van der Waals surface area contributed by atoms with Crippen molar-refractivity contribution in [1.82, 2.24) is 4.98 Å². The number of aromatic nitrogens is 1. The molecule has 6 heteroatoms. The predicted molar refractivity (Wildman–Crippen MR) is 103 cm³/mol. The van der Waals surface area contributed by atoms with Gasteiger partial charge in [0.25, 0.3) is 5.91 Å². The molecule has 3 aromatic rings. The van der Waals surface area contributed by atoms with Crippen LogP contribution in [0.5, 0.6) is 0 Å². The first-order valence-electron chi connectivity index (χ1n) is 8.17. The van der Waals surface area contributed by atoms with Gasteiger partial charge in [-0.05, 0) is 48.0 Å². The van der Waals surface area contributed by atoms with Crippen LogP contribution in [-0.2, 0) is 4.79 Å². The lowest BCUT2D eigenvalue weighted by molar-refractivity contribution is -0.111. The number of halogens is 1. The molecule has 0 saturated heterocycles. The fraction of sp³-hybridized carbons (Fsp3) is 0. The molecule has 0 atom stereocenters. The number of rotatable bonds is 5. The van der Waals surface area contributed by atoms with Crippen molar-refractivity contribution in [2.24, 2.45) is 0 Å².